The summed E-state index contributed by atoms with van der Waals surface area (Å²) in [5, 5.41) is 5.32. The van der Waals surface area contributed by atoms with E-state index in [-0.39, 0.29) is 0 Å². The average molecular weight is 212 g/mol. The zero-order valence-corrected chi connectivity index (χ0v) is 9.94. The fourth-order valence-electron chi connectivity index (χ4n) is 1.39. The number of nitrogens with zero attached hydrogens (tertiary/aromatic N) is 1. The third kappa shape index (κ3) is 4.74. The fraction of sp³-hybridized carbons (Fsp3) is 0.636. The second-order valence-electron chi connectivity index (χ2n) is 3.59. The van der Waals surface area contributed by atoms with Crippen molar-refractivity contribution in [2.75, 3.05) is 33.7 Å². The van der Waals surface area contributed by atoms with Crippen LogP contribution in [0.2, 0.25) is 0 Å². The van der Waals surface area contributed by atoms with Crippen LogP contribution in [0.25, 0.3) is 0 Å². The first kappa shape index (κ1) is 11.7. The van der Waals surface area contributed by atoms with Crippen molar-refractivity contribution in [3.05, 3.63) is 22.4 Å². The van der Waals surface area contributed by atoms with E-state index in [0.717, 1.165) is 6.54 Å². The van der Waals surface area contributed by atoms with E-state index in [1.54, 1.807) is 0 Å². The molecule has 0 aromatic carbocycles. The van der Waals surface area contributed by atoms with Crippen LogP contribution in [-0.4, -0.2) is 38.6 Å². The molecule has 0 amide bonds. The molecule has 1 aromatic rings. The van der Waals surface area contributed by atoms with Gasteiger partial charge in [0.25, 0.3) is 0 Å². The van der Waals surface area contributed by atoms with Gasteiger partial charge in [-0.25, -0.2) is 0 Å². The van der Waals surface area contributed by atoms with E-state index in [2.05, 4.69) is 34.8 Å². The maximum absolute atomic E-state index is 3.17. The predicted octanol–water partition coefficient (Wildman–Crippen LogP) is 1.83. The number of nitrogens with one attached hydrogen (secondary N) is 1. The van der Waals surface area contributed by atoms with E-state index >= 15 is 0 Å². The minimum atomic E-state index is 1.11. The molecule has 1 aromatic heterocycles. The maximum Gasteiger partial charge on any atom is 0.00579 e. The van der Waals surface area contributed by atoms with Gasteiger partial charge in [0, 0.05) is 11.4 Å². The van der Waals surface area contributed by atoms with Gasteiger partial charge in [0.15, 0.2) is 0 Å². The molecule has 2 nitrogen and oxygen atoms in total. The van der Waals surface area contributed by atoms with Crippen molar-refractivity contribution in [3.8, 4) is 0 Å². The standard InChI is InChI=1S/C11H20N2S/c1-12-7-4-8-13(2)9-6-11-5-3-10-14-11/h3,5,10,12H,4,6-9H2,1-2H3. The lowest BCUT2D eigenvalue weighted by Gasteiger charge is -2.15. The highest BCUT2D eigenvalue weighted by atomic mass is 32.1. The molecule has 0 unspecified atom stereocenters. The van der Waals surface area contributed by atoms with Crippen LogP contribution in [0, 0.1) is 0 Å². The third-order valence-electron chi connectivity index (χ3n) is 2.29. The molecular formula is C11H20N2S. The zero-order chi connectivity index (χ0) is 10.2. The highest BCUT2D eigenvalue weighted by Gasteiger charge is 1.99. The lowest BCUT2D eigenvalue weighted by Crippen LogP contribution is -2.24. The third-order valence-corrected chi connectivity index (χ3v) is 3.22. The molecule has 0 atom stereocenters. The summed E-state index contributed by atoms with van der Waals surface area (Å²) in [4.78, 5) is 3.89. The molecule has 0 fully saturated rings. The Kier molecular flexibility index (Phi) is 5.83. The molecular weight excluding hydrogens is 192 g/mol. The number of rotatable bonds is 7. The molecule has 80 valence electrons. The predicted molar refractivity (Wildman–Crippen MR) is 64.1 cm³/mol. The van der Waals surface area contributed by atoms with E-state index in [4.69, 9.17) is 0 Å². The average Bonchev–Trinajstić information content (AvgIpc) is 2.68. The maximum atomic E-state index is 3.17. The van der Waals surface area contributed by atoms with Crippen molar-refractivity contribution in [1.29, 1.82) is 0 Å². The van der Waals surface area contributed by atoms with Gasteiger partial charge in [-0.3, -0.25) is 0 Å². The summed E-state index contributed by atoms with van der Waals surface area (Å²) < 4.78 is 0. The van der Waals surface area contributed by atoms with Gasteiger partial charge < -0.3 is 10.2 Å². The van der Waals surface area contributed by atoms with Gasteiger partial charge in [-0.2, -0.15) is 0 Å². The smallest absolute Gasteiger partial charge is 0.00579 e. The Morgan fingerprint density at radius 3 is 2.93 bits per heavy atom. The van der Waals surface area contributed by atoms with Crippen LogP contribution in [0.15, 0.2) is 17.5 Å². The molecule has 0 radical (unpaired) electrons. The Balaban J connectivity index is 2.06. The van der Waals surface area contributed by atoms with Crippen molar-refractivity contribution in [2.45, 2.75) is 12.8 Å². The molecule has 0 aliphatic rings. The second-order valence-corrected chi connectivity index (χ2v) is 4.62. The molecule has 1 rings (SSSR count). The molecule has 0 aliphatic heterocycles. The van der Waals surface area contributed by atoms with Crippen molar-refractivity contribution in [3.63, 3.8) is 0 Å². The summed E-state index contributed by atoms with van der Waals surface area (Å²) in [5.74, 6) is 0. The van der Waals surface area contributed by atoms with Crippen LogP contribution in [0.4, 0.5) is 0 Å². The largest absolute Gasteiger partial charge is 0.320 e. The Bertz CT molecular complexity index is 221. The molecule has 1 heterocycles. The normalized spacial score (nSPS) is 11.1. The monoisotopic (exact) mass is 212 g/mol. The molecule has 0 spiro atoms. The number of likely N-dealkylation sites (N-methyl/N-ethyl adjacent to an activating group) is 1. The van der Waals surface area contributed by atoms with E-state index in [1.165, 1.54) is 30.8 Å². The lowest BCUT2D eigenvalue weighted by molar-refractivity contribution is 0.333. The summed E-state index contributed by atoms with van der Waals surface area (Å²) in [5.41, 5.74) is 0. The van der Waals surface area contributed by atoms with Crippen LogP contribution in [0.1, 0.15) is 11.3 Å². The van der Waals surface area contributed by atoms with Gasteiger partial charge >= 0.3 is 0 Å². The van der Waals surface area contributed by atoms with E-state index in [0.29, 0.717) is 0 Å². The van der Waals surface area contributed by atoms with Crippen molar-refractivity contribution in [1.82, 2.24) is 10.2 Å². The first-order valence-electron chi connectivity index (χ1n) is 5.18. The van der Waals surface area contributed by atoms with E-state index in [1.807, 2.05) is 18.4 Å². The SMILES string of the molecule is CNCCCN(C)CCc1cccs1. The van der Waals surface area contributed by atoms with E-state index in [9.17, 15) is 0 Å². The summed E-state index contributed by atoms with van der Waals surface area (Å²) in [6, 6.07) is 4.34. The summed E-state index contributed by atoms with van der Waals surface area (Å²) in [6.45, 7) is 3.47. The second kappa shape index (κ2) is 6.98. The highest BCUT2D eigenvalue weighted by Crippen LogP contribution is 2.09. The number of hydrogen-bond acceptors (Lipinski definition) is 3. The van der Waals surface area contributed by atoms with Gasteiger partial charge in [-0.05, 0) is 51.5 Å². The molecule has 0 aliphatic carbocycles. The minimum Gasteiger partial charge on any atom is -0.320 e. The zero-order valence-electron chi connectivity index (χ0n) is 9.12. The van der Waals surface area contributed by atoms with Crippen LogP contribution < -0.4 is 5.32 Å². The van der Waals surface area contributed by atoms with Crippen molar-refractivity contribution in [2.24, 2.45) is 0 Å². The topological polar surface area (TPSA) is 15.3 Å². The van der Waals surface area contributed by atoms with Gasteiger partial charge in [-0.1, -0.05) is 6.07 Å². The highest BCUT2D eigenvalue weighted by molar-refractivity contribution is 7.09. The Labute approximate surface area is 90.9 Å². The van der Waals surface area contributed by atoms with Crippen molar-refractivity contribution >= 4 is 11.3 Å². The minimum absolute atomic E-state index is 1.11. The number of thiophene rings is 1. The van der Waals surface area contributed by atoms with E-state index < -0.39 is 0 Å². The molecule has 0 saturated heterocycles. The first-order valence-corrected chi connectivity index (χ1v) is 6.06. The van der Waals surface area contributed by atoms with Crippen LogP contribution in [0.3, 0.4) is 0 Å². The van der Waals surface area contributed by atoms with Gasteiger partial charge in [0.05, 0.1) is 0 Å². The first-order chi connectivity index (χ1) is 6.83. The van der Waals surface area contributed by atoms with Crippen LogP contribution in [-0.2, 0) is 6.42 Å². The molecule has 3 heteroatoms. The van der Waals surface area contributed by atoms with Crippen molar-refractivity contribution < 1.29 is 0 Å². The molecule has 0 bridgehead atoms. The molecule has 14 heavy (non-hydrogen) atoms. The Hall–Kier alpha value is -0.380. The Morgan fingerprint density at radius 2 is 2.29 bits per heavy atom. The summed E-state index contributed by atoms with van der Waals surface area (Å²) in [7, 11) is 4.20. The van der Waals surface area contributed by atoms with Gasteiger partial charge in [-0.15, -0.1) is 11.3 Å². The molecule has 0 saturated carbocycles. The lowest BCUT2D eigenvalue weighted by atomic mass is 10.3. The van der Waals surface area contributed by atoms with Gasteiger partial charge in [0.2, 0.25) is 0 Å². The quantitative estimate of drug-likeness (QED) is 0.694. The fourth-order valence-corrected chi connectivity index (χ4v) is 2.09. The Morgan fingerprint density at radius 1 is 1.43 bits per heavy atom. The van der Waals surface area contributed by atoms with Crippen LogP contribution >= 0.6 is 11.3 Å². The summed E-state index contributed by atoms with van der Waals surface area (Å²) >= 11 is 1.85. The summed E-state index contributed by atoms with van der Waals surface area (Å²) in [6.07, 6.45) is 2.42. The molecule has 1 N–H and O–H groups in total. The number of hydrogen-bond donors (Lipinski definition) is 1. The van der Waals surface area contributed by atoms with Gasteiger partial charge in [0.1, 0.15) is 0 Å². The van der Waals surface area contributed by atoms with Crippen LogP contribution in [0.5, 0.6) is 0 Å².